The standard InChI is InChI=1S/C22H19N5O5S/c1-12-18-19(13-5-7-14(32-2)8-6-13)24-22(29)25-21(18)27(26-12)33(30,31)17-10-9-16(28)20-15(17)4-3-11-23-20/h3-11,18-19,28H,1-2H3,(H,24,29). The number of sulfonamides is 1. The second-order valence-corrected chi connectivity index (χ2v) is 9.36. The number of hydrazone groups is 1. The molecule has 2 atom stereocenters. The summed E-state index contributed by atoms with van der Waals surface area (Å²) in [5, 5.41) is 17.4. The molecule has 0 saturated carbocycles. The molecule has 11 heteroatoms. The van der Waals surface area contributed by atoms with Gasteiger partial charge in [-0.1, -0.05) is 12.1 Å². The van der Waals surface area contributed by atoms with Crippen molar-refractivity contribution in [2.45, 2.75) is 17.9 Å². The average Bonchev–Trinajstić information content (AvgIpc) is 3.15. The summed E-state index contributed by atoms with van der Waals surface area (Å²) in [6.07, 6.45) is 1.46. The fraction of sp³-hybridized carbons (Fsp3) is 0.182. The van der Waals surface area contributed by atoms with Gasteiger partial charge in [0.05, 0.1) is 24.0 Å². The molecule has 0 bridgehead atoms. The van der Waals surface area contributed by atoms with E-state index in [-0.39, 0.29) is 27.4 Å². The molecule has 0 aliphatic carbocycles. The molecule has 0 radical (unpaired) electrons. The molecule has 2 amide bonds. The summed E-state index contributed by atoms with van der Waals surface area (Å²) in [6.45, 7) is 1.69. The van der Waals surface area contributed by atoms with Crippen LogP contribution in [0.5, 0.6) is 11.5 Å². The van der Waals surface area contributed by atoms with Gasteiger partial charge in [0.15, 0.2) is 5.84 Å². The second kappa shape index (κ2) is 7.55. The third-order valence-electron chi connectivity index (χ3n) is 5.69. The van der Waals surface area contributed by atoms with E-state index in [2.05, 4.69) is 20.4 Å². The lowest BCUT2D eigenvalue weighted by Gasteiger charge is -2.30. The van der Waals surface area contributed by atoms with E-state index < -0.39 is 28.0 Å². The monoisotopic (exact) mass is 465 g/mol. The number of aromatic hydroxyl groups is 1. The minimum atomic E-state index is -4.26. The maximum Gasteiger partial charge on any atom is 0.343 e. The molecule has 1 aromatic heterocycles. The van der Waals surface area contributed by atoms with Crippen LogP contribution >= 0.6 is 0 Å². The van der Waals surface area contributed by atoms with Crippen LogP contribution in [0, 0.1) is 5.92 Å². The Morgan fingerprint density at radius 1 is 1.12 bits per heavy atom. The van der Waals surface area contributed by atoms with Crippen LogP contribution in [-0.2, 0) is 10.0 Å². The van der Waals surface area contributed by atoms with Crippen LogP contribution in [0.15, 0.2) is 69.7 Å². The SMILES string of the molecule is COc1ccc(C2NC(=O)N=C3C2C(C)=NN3S(=O)(=O)c2ccc(O)c3ncccc23)cc1. The number of phenols is 1. The first kappa shape index (κ1) is 20.9. The molecule has 2 N–H and O–H groups in total. The molecule has 2 aliphatic rings. The largest absolute Gasteiger partial charge is 0.506 e. The van der Waals surface area contributed by atoms with Gasteiger partial charge in [0.25, 0.3) is 10.0 Å². The highest BCUT2D eigenvalue weighted by molar-refractivity contribution is 7.90. The van der Waals surface area contributed by atoms with E-state index in [1.165, 1.54) is 18.3 Å². The maximum absolute atomic E-state index is 13.7. The van der Waals surface area contributed by atoms with Crippen molar-refractivity contribution < 1.29 is 23.1 Å². The number of aliphatic imine (C=N–C) groups is 1. The molecule has 2 aromatic carbocycles. The van der Waals surface area contributed by atoms with Gasteiger partial charge in [-0.2, -0.15) is 18.5 Å². The van der Waals surface area contributed by atoms with Gasteiger partial charge in [0.2, 0.25) is 0 Å². The van der Waals surface area contributed by atoms with Crippen LogP contribution in [0.4, 0.5) is 4.79 Å². The summed E-state index contributed by atoms with van der Waals surface area (Å²) in [7, 11) is -2.70. The number of rotatable bonds is 4. The number of phenolic OH excluding ortho intramolecular Hbond substituents is 1. The summed E-state index contributed by atoms with van der Waals surface area (Å²) in [5.74, 6) is -0.0457. The van der Waals surface area contributed by atoms with Crippen molar-refractivity contribution in [3.8, 4) is 11.5 Å². The predicted octanol–water partition coefficient (Wildman–Crippen LogP) is 2.81. The van der Waals surface area contributed by atoms with Gasteiger partial charge in [-0.3, -0.25) is 4.98 Å². The number of ether oxygens (including phenoxy) is 1. The highest BCUT2D eigenvalue weighted by Gasteiger charge is 2.47. The van der Waals surface area contributed by atoms with Gasteiger partial charge in [0.1, 0.15) is 17.0 Å². The van der Waals surface area contributed by atoms with Crippen LogP contribution in [0.2, 0.25) is 0 Å². The minimum Gasteiger partial charge on any atom is -0.506 e. The topological polar surface area (TPSA) is 134 Å². The zero-order chi connectivity index (χ0) is 23.3. The van der Waals surface area contributed by atoms with Crippen LogP contribution in [0.1, 0.15) is 18.5 Å². The Morgan fingerprint density at radius 2 is 1.88 bits per heavy atom. The molecule has 3 heterocycles. The Kier molecular flexibility index (Phi) is 4.78. The summed E-state index contributed by atoms with van der Waals surface area (Å²) < 4.78 is 33.3. The highest BCUT2D eigenvalue weighted by Crippen LogP contribution is 2.38. The van der Waals surface area contributed by atoms with E-state index in [1.807, 2.05) is 0 Å². The Hall–Kier alpha value is -3.99. The fourth-order valence-corrected chi connectivity index (χ4v) is 5.64. The molecule has 3 aromatic rings. The summed E-state index contributed by atoms with van der Waals surface area (Å²) in [6, 6.07) is 11.6. The summed E-state index contributed by atoms with van der Waals surface area (Å²) >= 11 is 0. The molecule has 0 fully saturated rings. The van der Waals surface area contributed by atoms with Crippen molar-refractivity contribution in [2.75, 3.05) is 7.11 Å². The number of carbonyl (C=O) groups is 1. The number of fused-ring (bicyclic) bond motifs is 2. The maximum atomic E-state index is 13.7. The molecule has 33 heavy (non-hydrogen) atoms. The highest BCUT2D eigenvalue weighted by atomic mass is 32.2. The minimum absolute atomic E-state index is 0.0159. The lowest BCUT2D eigenvalue weighted by molar-refractivity contribution is 0.242. The molecule has 168 valence electrons. The van der Waals surface area contributed by atoms with Crippen molar-refractivity contribution in [1.82, 2.24) is 14.7 Å². The summed E-state index contributed by atoms with van der Waals surface area (Å²) in [4.78, 5) is 20.4. The van der Waals surface area contributed by atoms with Gasteiger partial charge < -0.3 is 15.2 Å². The zero-order valence-corrected chi connectivity index (χ0v) is 18.4. The smallest absolute Gasteiger partial charge is 0.343 e. The average molecular weight is 465 g/mol. The van der Waals surface area contributed by atoms with Crippen LogP contribution in [0.25, 0.3) is 10.9 Å². The number of nitrogens with one attached hydrogen (secondary N) is 1. The number of hydrogen-bond donors (Lipinski definition) is 2. The van der Waals surface area contributed by atoms with Crippen molar-refractivity contribution in [1.29, 1.82) is 0 Å². The van der Waals surface area contributed by atoms with E-state index in [9.17, 15) is 18.3 Å². The third-order valence-corrected chi connectivity index (χ3v) is 7.33. The van der Waals surface area contributed by atoms with Gasteiger partial charge in [-0.15, -0.1) is 4.41 Å². The lowest BCUT2D eigenvalue weighted by atomic mass is 9.88. The number of carbonyl (C=O) groups excluding carboxylic acids is 1. The summed E-state index contributed by atoms with van der Waals surface area (Å²) in [5.41, 5.74) is 1.39. The number of benzene rings is 2. The van der Waals surface area contributed by atoms with Crippen molar-refractivity contribution in [2.24, 2.45) is 16.0 Å². The first-order valence-electron chi connectivity index (χ1n) is 10.0. The van der Waals surface area contributed by atoms with E-state index in [1.54, 1.807) is 50.4 Å². The van der Waals surface area contributed by atoms with Crippen LogP contribution in [-0.4, -0.2) is 47.6 Å². The number of urea groups is 1. The van der Waals surface area contributed by atoms with E-state index in [0.717, 1.165) is 9.98 Å². The van der Waals surface area contributed by atoms with Crippen molar-refractivity contribution in [3.63, 3.8) is 0 Å². The first-order chi connectivity index (χ1) is 15.8. The Labute approximate surface area is 189 Å². The van der Waals surface area contributed by atoms with E-state index >= 15 is 0 Å². The van der Waals surface area contributed by atoms with E-state index in [4.69, 9.17) is 4.74 Å². The van der Waals surface area contributed by atoms with Crippen LogP contribution in [0.3, 0.4) is 0 Å². The number of amides is 2. The second-order valence-electron chi connectivity index (χ2n) is 7.62. The van der Waals surface area contributed by atoms with E-state index in [0.29, 0.717) is 11.5 Å². The van der Waals surface area contributed by atoms with Gasteiger partial charge in [-0.05, 0) is 48.9 Å². The Bertz CT molecular complexity index is 1450. The molecular formula is C22H19N5O5S. The molecule has 10 nitrogen and oxygen atoms in total. The Balaban J connectivity index is 1.60. The number of hydrogen-bond acceptors (Lipinski definition) is 7. The van der Waals surface area contributed by atoms with Crippen molar-refractivity contribution >= 4 is 38.5 Å². The van der Waals surface area contributed by atoms with Crippen molar-refractivity contribution in [3.05, 3.63) is 60.3 Å². The number of nitrogens with zero attached hydrogens (tertiary/aromatic N) is 4. The lowest BCUT2D eigenvalue weighted by Crippen LogP contribution is -2.46. The number of aromatic nitrogens is 1. The molecule has 2 aliphatic heterocycles. The predicted molar refractivity (Wildman–Crippen MR) is 121 cm³/mol. The number of amidine groups is 1. The number of pyridine rings is 1. The molecule has 0 spiro atoms. The quantitative estimate of drug-likeness (QED) is 0.609. The molecule has 2 unspecified atom stereocenters. The molecule has 5 rings (SSSR count). The van der Waals surface area contributed by atoms with Gasteiger partial charge >= 0.3 is 6.03 Å². The van der Waals surface area contributed by atoms with Gasteiger partial charge in [0, 0.05) is 17.3 Å². The Morgan fingerprint density at radius 3 is 2.61 bits per heavy atom. The normalized spacial score (nSPS) is 20.2. The molecule has 0 saturated heterocycles. The zero-order valence-electron chi connectivity index (χ0n) is 17.6. The first-order valence-corrected chi connectivity index (χ1v) is 11.5. The van der Waals surface area contributed by atoms with Crippen LogP contribution < -0.4 is 10.1 Å². The molecular weight excluding hydrogens is 446 g/mol. The number of methoxy groups -OCH3 is 1. The third kappa shape index (κ3) is 3.28. The van der Waals surface area contributed by atoms with Gasteiger partial charge in [-0.25, -0.2) is 4.79 Å². The fourth-order valence-electron chi connectivity index (χ4n) is 4.13.